The average Bonchev–Trinajstić information content (AvgIpc) is 3.24. The van der Waals surface area contributed by atoms with Crippen molar-refractivity contribution in [1.82, 2.24) is 9.47 Å². The number of fused-ring (bicyclic) bond motifs is 1. The SMILES string of the molecule is COc1ccc(Oc2ccc3c(ccn3C)c2)cc1NC(=O)C1CCC(=O)N1C. The molecule has 0 saturated carbocycles. The predicted molar refractivity (Wildman–Crippen MR) is 110 cm³/mol. The van der Waals surface area contributed by atoms with Crippen LogP contribution in [0.4, 0.5) is 5.69 Å². The minimum Gasteiger partial charge on any atom is -0.495 e. The lowest BCUT2D eigenvalue weighted by molar-refractivity contribution is -0.131. The van der Waals surface area contributed by atoms with Crippen LogP contribution in [0.5, 0.6) is 17.2 Å². The number of ether oxygens (including phenoxy) is 2. The molecular weight excluding hydrogens is 370 g/mol. The molecule has 0 aliphatic carbocycles. The molecule has 2 heterocycles. The Morgan fingerprint density at radius 3 is 2.59 bits per heavy atom. The van der Waals surface area contributed by atoms with Gasteiger partial charge in [0.15, 0.2) is 0 Å². The van der Waals surface area contributed by atoms with Crippen LogP contribution in [0.15, 0.2) is 48.7 Å². The van der Waals surface area contributed by atoms with E-state index >= 15 is 0 Å². The van der Waals surface area contributed by atoms with Crippen molar-refractivity contribution in [1.29, 1.82) is 0 Å². The molecule has 3 aromatic rings. The summed E-state index contributed by atoms with van der Waals surface area (Å²) in [7, 11) is 5.19. The summed E-state index contributed by atoms with van der Waals surface area (Å²) in [6, 6.07) is 12.7. The van der Waals surface area contributed by atoms with Gasteiger partial charge < -0.3 is 24.3 Å². The minimum atomic E-state index is -0.475. The molecule has 1 aliphatic heterocycles. The molecule has 1 saturated heterocycles. The highest BCUT2D eigenvalue weighted by molar-refractivity contribution is 6.00. The standard InChI is InChI=1S/C22H23N3O4/c1-24-11-10-14-12-15(4-6-18(14)24)29-16-5-8-20(28-3)17(13-16)23-22(27)19-7-9-21(26)25(19)2/h4-6,8,10-13,19H,7,9H2,1-3H3,(H,23,27). The Morgan fingerprint density at radius 2 is 1.86 bits per heavy atom. The van der Waals surface area contributed by atoms with Gasteiger partial charge in [0.05, 0.1) is 12.8 Å². The first-order valence-corrected chi connectivity index (χ1v) is 9.44. The molecule has 1 aliphatic rings. The van der Waals surface area contributed by atoms with Crippen molar-refractivity contribution < 1.29 is 19.1 Å². The number of rotatable bonds is 5. The number of likely N-dealkylation sites (tertiary alicyclic amines) is 1. The van der Waals surface area contributed by atoms with Gasteiger partial charge in [-0.2, -0.15) is 0 Å². The Kier molecular flexibility index (Phi) is 4.88. The summed E-state index contributed by atoms with van der Waals surface area (Å²) in [5, 5.41) is 3.96. The maximum atomic E-state index is 12.7. The topological polar surface area (TPSA) is 72.8 Å². The number of benzene rings is 2. The highest BCUT2D eigenvalue weighted by Gasteiger charge is 2.33. The fourth-order valence-corrected chi connectivity index (χ4v) is 3.63. The fraction of sp³-hybridized carbons (Fsp3) is 0.273. The smallest absolute Gasteiger partial charge is 0.247 e. The van der Waals surface area contributed by atoms with E-state index in [1.54, 1.807) is 32.4 Å². The molecule has 4 rings (SSSR count). The van der Waals surface area contributed by atoms with Gasteiger partial charge in [-0.1, -0.05) is 0 Å². The zero-order chi connectivity index (χ0) is 20.5. The maximum Gasteiger partial charge on any atom is 0.247 e. The second-order valence-corrected chi connectivity index (χ2v) is 7.16. The summed E-state index contributed by atoms with van der Waals surface area (Å²) in [4.78, 5) is 25.9. The molecule has 1 N–H and O–H groups in total. The van der Waals surface area contributed by atoms with E-state index in [0.29, 0.717) is 35.8 Å². The summed E-state index contributed by atoms with van der Waals surface area (Å²) in [6.45, 7) is 0. The lowest BCUT2D eigenvalue weighted by Crippen LogP contribution is -2.38. The number of nitrogens with one attached hydrogen (secondary N) is 1. The van der Waals surface area contributed by atoms with Crippen LogP contribution in [0.1, 0.15) is 12.8 Å². The van der Waals surface area contributed by atoms with E-state index in [9.17, 15) is 9.59 Å². The van der Waals surface area contributed by atoms with Crippen LogP contribution in [0.2, 0.25) is 0 Å². The van der Waals surface area contributed by atoms with Crippen molar-refractivity contribution >= 4 is 28.4 Å². The summed E-state index contributed by atoms with van der Waals surface area (Å²) >= 11 is 0. The van der Waals surface area contributed by atoms with E-state index in [-0.39, 0.29) is 11.8 Å². The first-order valence-electron chi connectivity index (χ1n) is 9.44. The molecule has 2 aromatic carbocycles. The minimum absolute atomic E-state index is 0.0227. The zero-order valence-corrected chi connectivity index (χ0v) is 16.6. The molecule has 7 nitrogen and oxygen atoms in total. The van der Waals surface area contributed by atoms with E-state index in [4.69, 9.17) is 9.47 Å². The molecule has 0 spiro atoms. The molecular formula is C22H23N3O4. The molecule has 1 aromatic heterocycles. The largest absolute Gasteiger partial charge is 0.495 e. The van der Waals surface area contributed by atoms with Gasteiger partial charge in [0, 0.05) is 43.7 Å². The third kappa shape index (κ3) is 3.63. The van der Waals surface area contributed by atoms with Gasteiger partial charge in [0.1, 0.15) is 23.3 Å². The lowest BCUT2D eigenvalue weighted by atomic mass is 10.2. The number of nitrogens with zero attached hydrogens (tertiary/aromatic N) is 2. The quantitative estimate of drug-likeness (QED) is 0.720. The Balaban J connectivity index is 1.55. The summed E-state index contributed by atoms with van der Waals surface area (Å²) in [6.07, 6.45) is 2.90. The number of aryl methyl sites for hydroxylation is 1. The Hall–Kier alpha value is -3.48. The van der Waals surface area contributed by atoms with E-state index in [1.807, 2.05) is 42.1 Å². The van der Waals surface area contributed by atoms with Gasteiger partial charge in [-0.25, -0.2) is 0 Å². The number of carbonyl (C=O) groups excluding carboxylic acids is 2. The first kappa shape index (κ1) is 18.9. The van der Waals surface area contributed by atoms with Crippen LogP contribution in [0.3, 0.4) is 0 Å². The van der Waals surface area contributed by atoms with Gasteiger partial charge in [0.2, 0.25) is 11.8 Å². The van der Waals surface area contributed by atoms with Gasteiger partial charge >= 0.3 is 0 Å². The van der Waals surface area contributed by atoms with Crippen LogP contribution in [0, 0.1) is 0 Å². The monoisotopic (exact) mass is 393 g/mol. The number of amides is 2. The number of likely N-dealkylation sites (N-methyl/N-ethyl adjacent to an activating group) is 1. The normalized spacial score (nSPS) is 16.3. The predicted octanol–water partition coefficient (Wildman–Crippen LogP) is 3.54. The molecule has 150 valence electrons. The van der Waals surface area contributed by atoms with Crippen molar-refractivity contribution in [3.05, 3.63) is 48.7 Å². The lowest BCUT2D eigenvalue weighted by Gasteiger charge is -2.20. The fourth-order valence-electron chi connectivity index (χ4n) is 3.63. The van der Waals surface area contributed by atoms with Crippen molar-refractivity contribution in [2.45, 2.75) is 18.9 Å². The Morgan fingerprint density at radius 1 is 1.10 bits per heavy atom. The molecule has 1 fully saturated rings. The summed E-state index contributed by atoms with van der Waals surface area (Å²) in [5.41, 5.74) is 1.62. The number of hydrogen-bond acceptors (Lipinski definition) is 4. The Bertz CT molecular complexity index is 1090. The number of methoxy groups -OCH3 is 1. The number of anilines is 1. The van der Waals surface area contributed by atoms with Crippen LogP contribution in [0.25, 0.3) is 10.9 Å². The molecule has 7 heteroatoms. The number of carbonyl (C=O) groups is 2. The van der Waals surface area contributed by atoms with Crippen molar-refractivity contribution in [3.63, 3.8) is 0 Å². The van der Waals surface area contributed by atoms with Crippen molar-refractivity contribution in [2.24, 2.45) is 7.05 Å². The second kappa shape index (κ2) is 7.50. The van der Waals surface area contributed by atoms with Crippen LogP contribution in [-0.4, -0.2) is 41.5 Å². The number of aromatic nitrogens is 1. The molecule has 2 amide bonds. The van der Waals surface area contributed by atoms with Gasteiger partial charge in [0.25, 0.3) is 0 Å². The van der Waals surface area contributed by atoms with Gasteiger partial charge in [-0.3, -0.25) is 9.59 Å². The highest BCUT2D eigenvalue weighted by Crippen LogP contribution is 2.33. The van der Waals surface area contributed by atoms with E-state index in [2.05, 4.69) is 5.32 Å². The third-order valence-electron chi connectivity index (χ3n) is 5.32. The van der Waals surface area contributed by atoms with Crippen LogP contribution < -0.4 is 14.8 Å². The first-order chi connectivity index (χ1) is 14.0. The van der Waals surface area contributed by atoms with Gasteiger partial charge in [-0.05, 0) is 42.8 Å². The third-order valence-corrected chi connectivity index (χ3v) is 5.32. The van der Waals surface area contributed by atoms with Crippen molar-refractivity contribution in [2.75, 3.05) is 19.5 Å². The molecule has 0 radical (unpaired) electrons. The molecule has 0 bridgehead atoms. The van der Waals surface area contributed by atoms with E-state index in [1.165, 1.54) is 4.90 Å². The average molecular weight is 393 g/mol. The van der Waals surface area contributed by atoms with Gasteiger partial charge in [-0.15, -0.1) is 0 Å². The maximum absolute atomic E-state index is 12.7. The van der Waals surface area contributed by atoms with Crippen LogP contribution in [-0.2, 0) is 16.6 Å². The molecule has 1 unspecified atom stereocenters. The van der Waals surface area contributed by atoms with Crippen LogP contribution >= 0.6 is 0 Å². The number of hydrogen-bond donors (Lipinski definition) is 1. The van der Waals surface area contributed by atoms with Crippen molar-refractivity contribution in [3.8, 4) is 17.2 Å². The summed E-state index contributed by atoms with van der Waals surface area (Å²) in [5.74, 6) is 1.54. The van der Waals surface area contributed by atoms with E-state index < -0.39 is 6.04 Å². The molecule has 1 atom stereocenters. The summed E-state index contributed by atoms with van der Waals surface area (Å²) < 4.78 is 13.4. The Labute approximate surface area is 168 Å². The molecule has 29 heavy (non-hydrogen) atoms. The second-order valence-electron chi connectivity index (χ2n) is 7.16. The van der Waals surface area contributed by atoms with E-state index in [0.717, 1.165) is 10.9 Å². The highest BCUT2D eigenvalue weighted by atomic mass is 16.5. The zero-order valence-electron chi connectivity index (χ0n) is 16.6.